The fourth-order valence-electron chi connectivity index (χ4n) is 4.17. The Balaban J connectivity index is 1.26. The van der Waals surface area contributed by atoms with Gasteiger partial charge < -0.3 is 10.1 Å². The average Bonchev–Trinajstić information content (AvgIpc) is 3.15. The summed E-state index contributed by atoms with van der Waals surface area (Å²) in [6.45, 7) is 1.98. The number of hydrogen-bond donors (Lipinski definition) is 1. The summed E-state index contributed by atoms with van der Waals surface area (Å²) in [5.74, 6) is -0.168. The molecule has 0 unspecified atom stereocenters. The summed E-state index contributed by atoms with van der Waals surface area (Å²) in [4.78, 5) is 39.7. The second-order valence-electron chi connectivity index (χ2n) is 8.97. The van der Waals surface area contributed by atoms with Crippen LogP contribution >= 0.6 is 43.6 Å². The molecular weight excluding hydrogens is 644 g/mol. The predicted molar refractivity (Wildman–Crippen MR) is 163 cm³/mol. The minimum absolute atomic E-state index is 0.182. The fourth-order valence-corrected chi connectivity index (χ4v) is 6.45. The molecule has 1 saturated heterocycles. The van der Waals surface area contributed by atoms with Gasteiger partial charge in [0.2, 0.25) is 0 Å². The first-order valence-electron chi connectivity index (χ1n) is 12.0. The third-order valence-electron chi connectivity index (χ3n) is 6.00. The van der Waals surface area contributed by atoms with Crippen molar-refractivity contribution in [1.29, 1.82) is 0 Å². The van der Waals surface area contributed by atoms with Gasteiger partial charge in [-0.2, -0.15) is 0 Å². The molecule has 6 nitrogen and oxygen atoms in total. The molecule has 0 saturated carbocycles. The van der Waals surface area contributed by atoms with Gasteiger partial charge in [-0.3, -0.25) is 19.3 Å². The van der Waals surface area contributed by atoms with Gasteiger partial charge in [0.05, 0.1) is 20.4 Å². The van der Waals surface area contributed by atoms with Gasteiger partial charge in [-0.15, -0.1) is 0 Å². The van der Waals surface area contributed by atoms with E-state index in [9.17, 15) is 14.4 Å². The van der Waals surface area contributed by atoms with E-state index in [1.807, 2.05) is 73.7 Å². The van der Waals surface area contributed by atoms with Gasteiger partial charge in [-0.25, -0.2) is 0 Å². The molecule has 1 aliphatic heterocycles. The number of benzene rings is 4. The monoisotopic (exact) mass is 664 g/mol. The summed E-state index contributed by atoms with van der Waals surface area (Å²) in [6, 6.07) is 24.9. The molecule has 1 N–H and O–H groups in total. The number of hydrogen-bond acceptors (Lipinski definition) is 5. The number of nitrogens with one attached hydrogen (secondary N) is 1. The number of imide groups is 1. The van der Waals surface area contributed by atoms with Crippen molar-refractivity contribution in [3.8, 4) is 5.75 Å². The second kappa shape index (κ2) is 11.8. The number of carbonyl (C=O) groups is 3. The van der Waals surface area contributed by atoms with Crippen LogP contribution in [0.1, 0.15) is 16.7 Å². The van der Waals surface area contributed by atoms with Crippen LogP contribution in [0.2, 0.25) is 0 Å². The summed E-state index contributed by atoms with van der Waals surface area (Å²) in [7, 11) is 0. The minimum Gasteiger partial charge on any atom is -0.481 e. The lowest BCUT2D eigenvalue weighted by Crippen LogP contribution is -2.27. The van der Waals surface area contributed by atoms with Gasteiger partial charge in [0.25, 0.3) is 17.1 Å². The minimum atomic E-state index is -0.335. The van der Waals surface area contributed by atoms with Gasteiger partial charge in [-0.05, 0) is 114 Å². The molecule has 4 aromatic rings. The number of ether oxygens (including phenoxy) is 1. The Hall–Kier alpha value is -3.40. The smallest absolute Gasteiger partial charge is 0.293 e. The van der Waals surface area contributed by atoms with Crippen molar-refractivity contribution >= 4 is 83.2 Å². The van der Waals surface area contributed by atoms with Crippen molar-refractivity contribution in [2.75, 3.05) is 11.9 Å². The van der Waals surface area contributed by atoms with E-state index in [2.05, 4.69) is 37.2 Å². The molecule has 0 spiro atoms. The van der Waals surface area contributed by atoms with Crippen LogP contribution in [-0.4, -0.2) is 28.6 Å². The van der Waals surface area contributed by atoms with E-state index in [4.69, 9.17) is 4.74 Å². The predicted octanol–water partition coefficient (Wildman–Crippen LogP) is 7.93. The number of thioether (sulfide) groups is 1. The Bertz CT molecular complexity index is 1630. The fraction of sp³-hybridized carbons (Fsp3) is 0.100. The molecule has 9 heteroatoms. The van der Waals surface area contributed by atoms with E-state index >= 15 is 0 Å². The molecule has 196 valence electrons. The number of halogens is 2. The lowest BCUT2D eigenvalue weighted by molar-refractivity contribution is -0.123. The standard InChI is InChI=1S/C30H22Br2N2O4S/c1-18-5-4-8-23(11-18)33-27(35)17-38-28-24(31)13-20(14-25(28)32)15-26-29(36)34(30(37)39-26)16-19-9-10-21-6-2-3-7-22(21)12-19/h2-15H,16-17H2,1H3,(H,33,35)/b26-15-. The molecule has 0 bridgehead atoms. The van der Waals surface area contributed by atoms with Gasteiger partial charge >= 0.3 is 0 Å². The molecule has 1 aliphatic rings. The topological polar surface area (TPSA) is 75.7 Å². The van der Waals surface area contributed by atoms with Crippen molar-refractivity contribution in [2.24, 2.45) is 0 Å². The van der Waals surface area contributed by atoms with Crippen molar-refractivity contribution in [2.45, 2.75) is 13.5 Å². The first-order valence-corrected chi connectivity index (χ1v) is 14.4. The van der Waals surface area contributed by atoms with Crippen LogP contribution in [-0.2, 0) is 16.1 Å². The molecule has 1 fully saturated rings. The summed E-state index contributed by atoms with van der Waals surface area (Å²) in [5, 5.41) is 4.66. The van der Waals surface area contributed by atoms with Gasteiger partial charge in [0.1, 0.15) is 5.75 Å². The quantitative estimate of drug-likeness (QED) is 0.203. The van der Waals surface area contributed by atoms with E-state index in [1.54, 1.807) is 18.2 Å². The van der Waals surface area contributed by atoms with Gasteiger partial charge in [0.15, 0.2) is 6.61 Å². The Morgan fingerprint density at radius 2 is 1.69 bits per heavy atom. The van der Waals surface area contributed by atoms with E-state index in [-0.39, 0.29) is 30.2 Å². The lowest BCUT2D eigenvalue weighted by atomic mass is 10.1. The zero-order valence-electron chi connectivity index (χ0n) is 20.7. The zero-order chi connectivity index (χ0) is 27.5. The highest BCUT2D eigenvalue weighted by Gasteiger charge is 2.35. The maximum atomic E-state index is 13.1. The van der Waals surface area contributed by atoms with Crippen LogP contribution in [0.4, 0.5) is 10.5 Å². The van der Waals surface area contributed by atoms with E-state index in [0.717, 1.165) is 33.7 Å². The number of carbonyl (C=O) groups excluding carboxylic acids is 3. The van der Waals surface area contributed by atoms with Crippen molar-refractivity contribution in [1.82, 2.24) is 4.90 Å². The normalized spacial score (nSPS) is 14.3. The molecular formula is C30H22Br2N2O4S. The summed E-state index contributed by atoms with van der Waals surface area (Å²) >= 11 is 7.90. The molecule has 5 rings (SSSR count). The highest BCUT2D eigenvalue weighted by atomic mass is 79.9. The highest BCUT2D eigenvalue weighted by molar-refractivity contribution is 9.11. The molecule has 4 aromatic carbocycles. The van der Waals surface area contributed by atoms with Crippen LogP contribution in [0.15, 0.2) is 92.7 Å². The third kappa shape index (κ3) is 6.43. The SMILES string of the molecule is Cc1cccc(NC(=O)COc2c(Br)cc(/C=C3\SC(=O)N(Cc4ccc5ccccc5c4)C3=O)cc2Br)c1. The Labute approximate surface area is 246 Å². The average molecular weight is 666 g/mol. The maximum Gasteiger partial charge on any atom is 0.293 e. The van der Waals surface area contributed by atoms with Crippen LogP contribution in [0, 0.1) is 6.92 Å². The third-order valence-corrected chi connectivity index (χ3v) is 8.08. The Kier molecular flexibility index (Phi) is 8.20. The van der Waals surface area contributed by atoms with Crippen molar-refractivity contribution < 1.29 is 19.1 Å². The van der Waals surface area contributed by atoms with Crippen LogP contribution in [0.5, 0.6) is 5.75 Å². The number of anilines is 1. The zero-order valence-corrected chi connectivity index (χ0v) is 24.7. The van der Waals surface area contributed by atoms with E-state index in [1.165, 1.54) is 4.90 Å². The number of rotatable bonds is 7. The lowest BCUT2D eigenvalue weighted by Gasteiger charge is -2.13. The van der Waals surface area contributed by atoms with Gasteiger partial charge in [0, 0.05) is 5.69 Å². The number of nitrogens with zero attached hydrogens (tertiary/aromatic N) is 1. The van der Waals surface area contributed by atoms with Crippen LogP contribution in [0.3, 0.4) is 0 Å². The number of fused-ring (bicyclic) bond motifs is 1. The second-order valence-corrected chi connectivity index (χ2v) is 11.7. The molecule has 0 aromatic heterocycles. The molecule has 0 radical (unpaired) electrons. The van der Waals surface area contributed by atoms with Crippen molar-refractivity contribution in [3.05, 3.63) is 109 Å². The molecule has 0 aliphatic carbocycles. The van der Waals surface area contributed by atoms with Crippen LogP contribution in [0.25, 0.3) is 16.8 Å². The highest BCUT2D eigenvalue weighted by Crippen LogP contribution is 2.38. The molecule has 3 amide bonds. The van der Waals surface area contributed by atoms with E-state index < -0.39 is 0 Å². The summed E-state index contributed by atoms with van der Waals surface area (Å²) < 4.78 is 6.95. The summed E-state index contributed by atoms with van der Waals surface area (Å²) in [5.41, 5.74) is 3.32. The first kappa shape index (κ1) is 27.2. The number of amides is 3. The van der Waals surface area contributed by atoms with E-state index in [0.29, 0.717) is 30.9 Å². The molecule has 39 heavy (non-hydrogen) atoms. The van der Waals surface area contributed by atoms with Gasteiger partial charge in [-0.1, -0.05) is 48.5 Å². The number of aryl methyl sites for hydroxylation is 1. The summed E-state index contributed by atoms with van der Waals surface area (Å²) in [6.07, 6.45) is 1.68. The molecule has 1 heterocycles. The van der Waals surface area contributed by atoms with Crippen LogP contribution < -0.4 is 10.1 Å². The largest absolute Gasteiger partial charge is 0.481 e. The van der Waals surface area contributed by atoms with Crippen molar-refractivity contribution in [3.63, 3.8) is 0 Å². The molecule has 0 atom stereocenters. The maximum absolute atomic E-state index is 13.1. The Morgan fingerprint density at radius 1 is 0.949 bits per heavy atom. The first-order chi connectivity index (χ1) is 18.8. The Morgan fingerprint density at radius 3 is 2.44 bits per heavy atom.